The number of allylic oxidation sites excluding steroid dienone is 1. The summed E-state index contributed by atoms with van der Waals surface area (Å²) in [7, 11) is 1.56. The van der Waals surface area contributed by atoms with Crippen LogP contribution in [0.5, 0.6) is 0 Å². The van der Waals surface area contributed by atoms with Gasteiger partial charge in [-0.1, -0.05) is 11.6 Å². The molecule has 16 heavy (non-hydrogen) atoms. The summed E-state index contributed by atoms with van der Waals surface area (Å²) in [6, 6.07) is 3.02. The molecule has 0 aliphatic heterocycles. The lowest BCUT2D eigenvalue weighted by Crippen LogP contribution is -2.14. The number of amides is 1. The van der Waals surface area contributed by atoms with Crippen molar-refractivity contribution >= 4 is 23.1 Å². The van der Waals surface area contributed by atoms with Gasteiger partial charge in [0.1, 0.15) is 5.82 Å². The summed E-state index contributed by atoms with van der Waals surface area (Å²) in [5.41, 5.74) is 2.25. The fourth-order valence-corrected chi connectivity index (χ4v) is 2.12. The van der Waals surface area contributed by atoms with Gasteiger partial charge in [0, 0.05) is 18.1 Å². The lowest BCUT2D eigenvalue weighted by atomic mass is 10.1. The van der Waals surface area contributed by atoms with Crippen LogP contribution in [0.2, 0.25) is 5.02 Å². The van der Waals surface area contributed by atoms with Crippen molar-refractivity contribution in [3.63, 3.8) is 0 Å². The molecule has 2 rings (SSSR count). The minimum Gasteiger partial charge on any atom is -0.356 e. The van der Waals surface area contributed by atoms with Crippen molar-refractivity contribution in [3.8, 4) is 0 Å². The Morgan fingerprint density at radius 1 is 1.50 bits per heavy atom. The van der Waals surface area contributed by atoms with Gasteiger partial charge in [-0.15, -0.1) is 0 Å². The SMILES string of the molecule is CNC(=O)/C=C1\CCc2c(F)cc(Cl)cc21. The number of halogens is 2. The largest absolute Gasteiger partial charge is 0.356 e. The predicted molar refractivity (Wildman–Crippen MR) is 61.8 cm³/mol. The van der Waals surface area contributed by atoms with Gasteiger partial charge in [0.25, 0.3) is 0 Å². The Kier molecular flexibility index (Phi) is 2.97. The van der Waals surface area contributed by atoms with E-state index in [0.29, 0.717) is 23.4 Å². The van der Waals surface area contributed by atoms with E-state index in [1.165, 1.54) is 12.1 Å². The molecule has 0 bridgehead atoms. The standard InChI is InChI=1S/C12H11ClFNO/c1-15-12(16)4-7-2-3-9-10(7)5-8(13)6-11(9)14/h4-6H,2-3H2,1H3,(H,15,16)/b7-4+. The first kappa shape index (κ1) is 11.1. The third-order valence-corrected chi connectivity index (χ3v) is 2.92. The molecule has 0 fully saturated rings. The topological polar surface area (TPSA) is 29.1 Å². The lowest BCUT2D eigenvalue weighted by Gasteiger charge is -2.03. The first-order chi connectivity index (χ1) is 7.61. The highest BCUT2D eigenvalue weighted by atomic mass is 35.5. The fourth-order valence-electron chi connectivity index (χ4n) is 1.92. The summed E-state index contributed by atoms with van der Waals surface area (Å²) >= 11 is 5.80. The maximum atomic E-state index is 13.5. The average Bonchev–Trinajstić information content (AvgIpc) is 2.61. The molecule has 0 unspecified atom stereocenters. The molecule has 0 aromatic heterocycles. The molecular weight excluding hydrogens is 229 g/mol. The molecule has 2 nitrogen and oxygen atoms in total. The molecule has 0 atom stereocenters. The number of carbonyl (C=O) groups is 1. The van der Waals surface area contributed by atoms with Crippen molar-refractivity contribution in [2.45, 2.75) is 12.8 Å². The number of hydrogen-bond donors (Lipinski definition) is 1. The number of hydrogen-bond acceptors (Lipinski definition) is 1. The Hall–Kier alpha value is -1.35. The van der Waals surface area contributed by atoms with E-state index < -0.39 is 0 Å². The van der Waals surface area contributed by atoms with Gasteiger partial charge in [-0.05, 0) is 41.7 Å². The van der Waals surface area contributed by atoms with E-state index in [9.17, 15) is 9.18 Å². The van der Waals surface area contributed by atoms with Crippen LogP contribution in [0.4, 0.5) is 4.39 Å². The van der Waals surface area contributed by atoms with E-state index in [1.54, 1.807) is 13.1 Å². The zero-order valence-corrected chi connectivity index (χ0v) is 9.57. The van der Waals surface area contributed by atoms with Crippen LogP contribution in [0, 0.1) is 5.82 Å². The summed E-state index contributed by atoms with van der Waals surface area (Å²) in [6.45, 7) is 0. The summed E-state index contributed by atoms with van der Waals surface area (Å²) in [6.07, 6.45) is 2.81. The summed E-state index contributed by atoms with van der Waals surface area (Å²) in [5, 5.41) is 2.87. The molecule has 1 N–H and O–H groups in total. The van der Waals surface area contributed by atoms with Gasteiger partial charge in [0.2, 0.25) is 5.91 Å². The number of rotatable bonds is 1. The monoisotopic (exact) mass is 239 g/mol. The van der Waals surface area contributed by atoms with Gasteiger partial charge < -0.3 is 5.32 Å². The predicted octanol–water partition coefficient (Wildman–Crippen LogP) is 2.55. The summed E-state index contributed by atoms with van der Waals surface area (Å²) < 4.78 is 13.5. The Balaban J connectivity index is 2.47. The molecule has 0 saturated carbocycles. The smallest absolute Gasteiger partial charge is 0.244 e. The molecule has 1 aromatic rings. The van der Waals surface area contributed by atoms with Crippen molar-refractivity contribution in [2.24, 2.45) is 0 Å². The van der Waals surface area contributed by atoms with Crippen LogP contribution in [0.15, 0.2) is 18.2 Å². The van der Waals surface area contributed by atoms with E-state index in [4.69, 9.17) is 11.6 Å². The summed E-state index contributed by atoms with van der Waals surface area (Å²) in [5.74, 6) is -0.467. The third-order valence-electron chi connectivity index (χ3n) is 2.70. The minimum atomic E-state index is -0.289. The molecule has 0 spiro atoms. The maximum absolute atomic E-state index is 13.5. The minimum absolute atomic E-state index is 0.178. The Labute approximate surface area is 98.1 Å². The van der Waals surface area contributed by atoms with Gasteiger partial charge >= 0.3 is 0 Å². The molecule has 0 heterocycles. The molecule has 1 aliphatic rings. The van der Waals surface area contributed by atoms with E-state index in [2.05, 4.69) is 5.32 Å². The van der Waals surface area contributed by atoms with E-state index in [-0.39, 0.29) is 11.7 Å². The third kappa shape index (κ3) is 1.95. The summed E-state index contributed by atoms with van der Waals surface area (Å²) in [4.78, 5) is 11.2. The average molecular weight is 240 g/mol. The van der Waals surface area contributed by atoms with E-state index >= 15 is 0 Å². The van der Waals surface area contributed by atoms with Gasteiger partial charge in [0.05, 0.1) is 0 Å². The van der Waals surface area contributed by atoms with Gasteiger partial charge in [-0.2, -0.15) is 0 Å². The number of fused-ring (bicyclic) bond motifs is 1. The fraction of sp³-hybridized carbons (Fsp3) is 0.250. The van der Waals surface area contributed by atoms with Crippen molar-refractivity contribution < 1.29 is 9.18 Å². The first-order valence-corrected chi connectivity index (χ1v) is 5.40. The van der Waals surface area contributed by atoms with Crippen LogP contribution in [0.3, 0.4) is 0 Å². The molecular formula is C12H11ClFNO. The zero-order valence-electron chi connectivity index (χ0n) is 8.81. The zero-order chi connectivity index (χ0) is 11.7. The van der Waals surface area contributed by atoms with Crippen molar-refractivity contribution in [3.05, 3.63) is 40.2 Å². The van der Waals surface area contributed by atoms with Gasteiger partial charge in [0.15, 0.2) is 0 Å². The van der Waals surface area contributed by atoms with E-state index in [1.807, 2.05) is 0 Å². The second kappa shape index (κ2) is 4.26. The van der Waals surface area contributed by atoms with Crippen LogP contribution >= 0.6 is 11.6 Å². The highest BCUT2D eigenvalue weighted by molar-refractivity contribution is 6.30. The number of nitrogens with one attached hydrogen (secondary N) is 1. The Morgan fingerprint density at radius 2 is 2.25 bits per heavy atom. The lowest BCUT2D eigenvalue weighted by molar-refractivity contribution is -0.116. The Morgan fingerprint density at radius 3 is 2.94 bits per heavy atom. The van der Waals surface area contributed by atoms with Crippen LogP contribution in [0.25, 0.3) is 5.57 Å². The first-order valence-electron chi connectivity index (χ1n) is 5.02. The van der Waals surface area contributed by atoms with Crippen LogP contribution in [0.1, 0.15) is 17.5 Å². The normalized spacial score (nSPS) is 16.3. The van der Waals surface area contributed by atoms with Gasteiger partial charge in [-0.25, -0.2) is 4.39 Å². The van der Waals surface area contributed by atoms with Crippen LogP contribution in [-0.4, -0.2) is 13.0 Å². The second-order valence-corrected chi connectivity index (χ2v) is 4.13. The molecule has 1 aliphatic carbocycles. The molecule has 4 heteroatoms. The molecule has 1 amide bonds. The highest BCUT2D eigenvalue weighted by Crippen LogP contribution is 2.35. The molecule has 0 radical (unpaired) electrons. The van der Waals surface area contributed by atoms with Crippen molar-refractivity contribution in [2.75, 3.05) is 7.05 Å². The molecule has 84 valence electrons. The van der Waals surface area contributed by atoms with Crippen LogP contribution < -0.4 is 5.32 Å². The van der Waals surface area contributed by atoms with Crippen LogP contribution in [-0.2, 0) is 11.2 Å². The second-order valence-electron chi connectivity index (χ2n) is 3.70. The number of benzene rings is 1. The quantitative estimate of drug-likeness (QED) is 0.750. The van der Waals surface area contributed by atoms with Crippen molar-refractivity contribution in [1.29, 1.82) is 0 Å². The Bertz CT molecular complexity index is 482. The molecule has 1 aromatic carbocycles. The van der Waals surface area contributed by atoms with E-state index in [0.717, 1.165) is 11.1 Å². The highest BCUT2D eigenvalue weighted by Gasteiger charge is 2.21. The molecule has 0 saturated heterocycles. The number of carbonyl (C=O) groups excluding carboxylic acids is 1. The maximum Gasteiger partial charge on any atom is 0.244 e. The van der Waals surface area contributed by atoms with Gasteiger partial charge in [-0.3, -0.25) is 4.79 Å². The van der Waals surface area contributed by atoms with Crippen molar-refractivity contribution in [1.82, 2.24) is 5.32 Å². The number of likely N-dealkylation sites (N-methyl/N-ethyl adjacent to an activating group) is 1.